The highest BCUT2D eigenvalue weighted by Gasteiger charge is 2.34. The first-order valence-electron chi connectivity index (χ1n) is 6.78. The Balaban J connectivity index is 2.02. The number of nitrogens with zero attached hydrogens (tertiary/aromatic N) is 1. The monoisotopic (exact) mass is 333 g/mol. The maximum atomic E-state index is 13.5. The molecule has 1 aromatic carbocycles. The van der Waals surface area contributed by atoms with Crippen molar-refractivity contribution in [3.63, 3.8) is 0 Å². The van der Waals surface area contributed by atoms with Gasteiger partial charge in [-0.05, 0) is 25.5 Å². The fourth-order valence-corrected chi connectivity index (χ4v) is 4.13. The lowest BCUT2D eigenvalue weighted by Crippen LogP contribution is -2.44. The molecule has 22 heavy (non-hydrogen) atoms. The molecule has 1 aliphatic heterocycles. The fourth-order valence-electron chi connectivity index (χ4n) is 2.36. The Kier molecular flexibility index (Phi) is 4.69. The molecule has 0 saturated carbocycles. The number of rotatable bonds is 4. The van der Waals surface area contributed by atoms with E-state index in [0.717, 1.165) is 12.1 Å². The Morgan fingerprint density at radius 2 is 2.09 bits per heavy atom. The Bertz CT molecular complexity index is 677. The maximum absolute atomic E-state index is 13.5. The van der Waals surface area contributed by atoms with Crippen molar-refractivity contribution in [2.75, 3.05) is 18.6 Å². The molecule has 0 radical (unpaired) electrons. The number of hydrogen-bond acceptors (Lipinski definition) is 4. The number of hydrogen-bond donors (Lipinski definition) is 0. The van der Waals surface area contributed by atoms with Crippen molar-refractivity contribution >= 4 is 15.7 Å². The lowest BCUT2D eigenvalue weighted by molar-refractivity contribution is -0.138. The summed E-state index contributed by atoms with van der Waals surface area (Å²) in [5.74, 6) is -2.34. The molecule has 1 aliphatic rings. The number of carbonyl (C=O) groups excluding carboxylic acids is 1. The van der Waals surface area contributed by atoms with Gasteiger partial charge in [0.05, 0.1) is 11.5 Å². The summed E-state index contributed by atoms with van der Waals surface area (Å²) < 4.78 is 54.4. The van der Waals surface area contributed by atoms with Crippen molar-refractivity contribution in [3.05, 3.63) is 29.8 Å². The van der Waals surface area contributed by atoms with Gasteiger partial charge in [0, 0.05) is 19.2 Å². The number of sulfone groups is 1. The average Bonchev–Trinajstić information content (AvgIpc) is 2.80. The molecule has 1 aromatic rings. The van der Waals surface area contributed by atoms with E-state index in [9.17, 15) is 22.0 Å². The molecule has 0 aliphatic carbocycles. The van der Waals surface area contributed by atoms with Crippen LogP contribution in [0.25, 0.3) is 0 Å². The maximum Gasteiger partial charge on any atom is 0.263 e. The predicted molar refractivity (Wildman–Crippen MR) is 76.3 cm³/mol. The summed E-state index contributed by atoms with van der Waals surface area (Å²) in [5, 5.41) is 0. The van der Waals surface area contributed by atoms with Gasteiger partial charge in [0.2, 0.25) is 0 Å². The summed E-state index contributed by atoms with van der Waals surface area (Å²) in [6.45, 7) is 1.44. The Morgan fingerprint density at radius 3 is 2.64 bits per heavy atom. The second-order valence-corrected chi connectivity index (χ2v) is 7.57. The van der Waals surface area contributed by atoms with Gasteiger partial charge in [0.15, 0.2) is 27.5 Å². The van der Waals surface area contributed by atoms with Crippen LogP contribution in [0.3, 0.4) is 0 Å². The van der Waals surface area contributed by atoms with Crippen molar-refractivity contribution in [2.24, 2.45) is 0 Å². The van der Waals surface area contributed by atoms with Crippen molar-refractivity contribution < 1.29 is 26.7 Å². The molecule has 2 unspecified atom stereocenters. The lowest BCUT2D eigenvalue weighted by Gasteiger charge is -2.26. The van der Waals surface area contributed by atoms with Crippen molar-refractivity contribution in [1.82, 2.24) is 4.90 Å². The average molecular weight is 333 g/mol. The summed E-state index contributed by atoms with van der Waals surface area (Å²) >= 11 is 0. The van der Waals surface area contributed by atoms with Gasteiger partial charge in [-0.15, -0.1) is 0 Å². The summed E-state index contributed by atoms with van der Waals surface area (Å²) in [6, 6.07) is 2.40. The fraction of sp³-hybridized carbons (Fsp3) is 0.500. The smallest absolute Gasteiger partial charge is 0.263 e. The Morgan fingerprint density at radius 1 is 1.41 bits per heavy atom. The first-order valence-corrected chi connectivity index (χ1v) is 8.60. The van der Waals surface area contributed by atoms with Gasteiger partial charge in [-0.3, -0.25) is 4.79 Å². The van der Waals surface area contributed by atoms with Crippen LogP contribution in [0.1, 0.15) is 13.3 Å². The Hall–Kier alpha value is -1.70. The predicted octanol–water partition coefficient (Wildman–Crippen LogP) is 1.38. The number of amides is 1. The van der Waals surface area contributed by atoms with Crippen molar-refractivity contribution in [3.8, 4) is 5.75 Å². The molecular weight excluding hydrogens is 316 g/mol. The highest BCUT2D eigenvalue weighted by molar-refractivity contribution is 7.91. The van der Waals surface area contributed by atoms with Crippen LogP contribution in [0, 0.1) is 11.6 Å². The van der Waals surface area contributed by atoms with Gasteiger partial charge in [0.1, 0.15) is 5.82 Å². The molecule has 2 rings (SSSR count). The topological polar surface area (TPSA) is 63.7 Å². The molecule has 0 spiro atoms. The molecule has 1 amide bonds. The molecule has 1 saturated heterocycles. The first-order chi connectivity index (χ1) is 10.2. The van der Waals surface area contributed by atoms with E-state index < -0.39 is 39.5 Å². The summed E-state index contributed by atoms with van der Waals surface area (Å²) in [5.41, 5.74) is 0. The third-order valence-corrected chi connectivity index (χ3v) is 5.40. The highest BCUT2D eigenvalue weighted by atomic mass is 32.2. The molecule has 0 aromatic heterocycles. The summed E-state index contributed by atoms with van der Waals surface area (Å²) in [6.07, 6.45) is -0.629. The second kappa shape index (κ2) is 6.20. The Labute approximate surface area is 127 Å². The number of benzene rings is 1. The van der Waals surface area contributed by atoms with E-state index in [1.165, 1.54) is 18.9 Å². The molecule has 122 valence electrons. The van der Waals surface area contributed by atoms with Crippen LogP contribution < -0.4 is 4.74 Å². The largest absolute Gasteiger partial charge is 0.478 e. The number of halogens is 2. The van der Waals surface area contributed by atoms with Gasteiger partial charge >= 0.3 is 0 Å². The third-order valence-electron chi connectivity index (χ3n) is 3.65. The van der Waals surface area contributed by atoms with Gasteiger partial charge in [0.25, 0.3) is 5.91 Å². The molecule has 1 heterocycles. The lowest BCUT2D eigenvalue weighted by atomic mass is 10.2. The quantitative estimate of drug-likeness (QED) is 0.835. The van der Waals surface area contributed by atoms with E-state index in [1.807, 2.05) is 0 Å². The molecule has 0 bridgehead atoms. The van der Waals surface area contributed by atoms with Crippen LogP contribution >= 0.6 is 0 Å². The molecule has 5 nitrogen and oxygen atoms in total. The first kappa shape index (κ1) is 16.7. The summed E-state index contributed by atoms with van der Waals surface area (Å²) in [7, 11) is -1.61. The van der Waals surface area contributed by atoms with Crippen LogP contribution in [0.2, 0.25) is 0 Å². The third kappa shape index (κ3) is 3.73. The minimum atomic E-state index is -3.11. The van der Waals surface area contributed by atoms with E-state index in [0.29, 0.717) is 12.5 Å². The number of carbonyl (C=O) groups is 1. The van der Waals surface area contributed by atoms with Gasteiger partial charge < -0.3 is 9.64 Å². The second-order valence-electron chi connectivity index (χ2n) is 5.34. The standard InChI is InChI=1S/C14H17F2NO4S/c1-9(21-13-4-3-10(15)7-12(13)16)14(18)17(2)11-5-6-22(19,20)8-11/h3-4,7,9,11H,5-6,8H2,1-2H3. The molecule has 8 heteroatoms. The zero-order valence-corrected chi connectivity index (χ0v) is 13.1. The summed E-state index contributed by atoms with van der Waals surface area (Å²) in [4.78, 5) is 13.5. The van der Waals surface area contributed by atoms with Crippen molar-refractivity contribution in [2.45, 2.75) is 25.5 Å². The normalized spacial score (nSPS) is 21.4. The molecular formula is C14H17F2NO4S. The number of likely N-dealkylation sites (N-methyl/N-ethyl adjacent to an activating group) is 1. The van der Waals surface area contributed by atoms with E-state index in [4.69, 9.17) is 4.74 Å². The number of ether oxygens (including phenoxy) is 1. The van der Waals surface area contributed by atoms with Crippen LogP contribution in [-0.2, 0) is 14.6 Å². The zero-order valence-electron chi connectivity index (χ0n) is 12.3. The van der Waals surface area contributed by atoms with Crippen LogP contribution in [0.4, 0.5) is 8.78 Å². The van der Waals surface area contributed by atoms with Gasteiger partial charge in [-0.1, -0.05) is 0 Å². The minimum Gasteiger partial charge on any atom is -0.478 e. The van der Waals surface area contributed by atoms with Crippen molar-refractivity contribution in [1.29, 1.82) is 0 Å². The van der Waals surface area contributed by atoms with E-state index in [1.54, 1.807) is 0 Å². The van der Waals surface area contributed by atoms with E-state index in [-0.39, 0.29) is 17.3 Å². The molecule has 2 atom stereocenters. The van der Waals surface area contributed by atoms with E-state index >= 15 is 0 Å². The molecule has 0 N–H and O–H groups in total. The molecule has 1 fully saturated rings. The SMILES string of the molecule is CC(Oc1ccc(F)cc1F)C(=O)N(C)C1CCS(=O)(=O)C1. The van der Waals surface area contributed by atoms with E-state index in [2.05, 4.69) is 0 Å². The highest BCUT2D eigenvalue weighted by Crippen LogP contribution is 2.21. The van der Waals surface area contributed by atoms with Crippen LogP contribution in [0.15, 0.2) is 18.2 Å². The van der Waals surface area contributed by atoms with Gasteiger partial charge in [-0.2, -0.15) is 0 Å². The van der Waals surface area contributed by atoms with Gasteiger partial charge in [-0.25, -0.2) is 17.2 Å². The zero-order chi connectivity index (χ0) is 16.5. The van der Waals surface area contributed by atoms with Crippen LogP contribution in [-0.4, -0.2) is 49.9 Å². The van der Waals surface area contributed by atoms with Crippen LogP contribution in [0.5, 0.6) is 5.75 Å². The minimum absolute atomic E-state index is 0.0527.